The number of nitrogens with one attached hydrogen (secondary N) is 1. The molecule has 0 saturated carbocycles. The first-order chi connectivity index (χ1) is 14.0. The monoisotopic (exact) mass is 389 g/mol. The second-order valence-corrected chi connectivity index (χ2v) is 6.97. The quantitative estimate of drug-likeness (QED) is 0.472. The number of hydrazone groups is 1. The molecule has 3 rings (SSSR count). The van der Waals surface area contributed by atoms with Crippen LogP contribution >= 0.6 is 0 Å². The summed E-state index contributed by atoms with van der Waals surface area (Å²) >= 11 is 0. The molecule has 1 heterocycles. The van der Waals surface area contributed by atoms with Crippen molar-refractivity contribution < 1.29 is 4.79 Å². The van der Waals surface area contributed by atoms with E-state index in [0.717, 1.165) is 35.7 Å². The number of aromatic nitrogens is 2. The zero-order chi connectivity index (χ0) is 20.6. The van der Waals surface area contributed by atoms with Crippen LogP contribution in [0, 0.1) is 13.8 Å². The van der Waals surface area contributed by atoms with Gasteiger partial charge in [-0.3, -0.25) is 9.48 Å². The predicted molar refractivity (Wildman–Crippen MR) is 117 cm³/mol. The average molecular weight is 390 g/mol. The maximum absolute atomic E-state index is 12.0. The van der Waals surface area contributed by atoms with Gasteiger partial charge in [0.05, 0.1) is 11.9 Å². The number of hydrogen-bond donors (Lipinski definition) is 1. The minimum absolute atomic E-state index is 0.154. The number of carbonyl (C=O) groups excluding carboxylic acids is 1. The van der Waals surface area contributed by atoms with Gasteiger partial charge in [-0.05, 0) is 50.1 Å². The molecule has 150 valence electrons. The van der Waals surface area contributed by atoms with E-state index in [9.17, 15) is 4.79 Å². The Balaban J connectivity index is 1.55. The van der Waals surface area contributed by atoms with Crippen LogP contribution in [0.1, 0.15) is 29.4 Å². The molecular weight excluding hydrogens is 362 g/mol. The lowest BCUT2D eigenvalue weighted by Gasteiger charge is -2.23. The molecule has 0 aliphatic rings. The third-order valence-corrected chi connectivity index (χ3v) is 4.66. The van der Waals surface area contributed by atoms with Crippen molar-refractivity contribution in [2.75, 3.05) is 11.4 Å². The first-order valence-electron chi connectivity index (χ1n) is 9.77. The Kier molecular flexibility index (Phi) is 6.79. The molecule has 0 aliphatic carbocycles. The summed E-state index contributed by atoms with van der Waals surface area (Å²) in [5.74, 6) is -0.205. The van der Waals surface area contributed by atoms with Crippen LogP contribution in [0.5, 0.6) is 0 Å². The summed E-state index contributed by atoms with van der Waals surface area (Å²) in [5, 5.41) is 8.34. The van der Waals surface area contributed by atoms with E-state index in [2.05, 4.69) is 63.8 Å². The highest BCUT2D eigenvalue weighted by atomic mass is 16.2. The van der Waals surface area contributed by atoms with Crippen LogP contribution in [0.4, 0.5) is 5.69 Å². The summed E-state index contributed by atoms with van der Waals surface area (Å²) in [6, 6.07) is 20.5. The molecule has 3 aromatic rings. The van der Waals surface area contributed by atoms with Crippen LogP contribution in [0.2, 0.25) is 0 Å². The number of aryl methyl sites for hydroxylation is 2. The third-order valence-electron chi connectivity index (χ3n) is 4.66. The number of benzene rings is 2. The molecule has 0 unspecified atom stereocenters. The number of nitrogens with zero attached hydrogens (tertiary/aromatic N) is 4. The van der Waals surface area contributed by atoms with Gasteiger partial charge in [-0.1, -0.05) is 42.5 Å². The van der Waals surface area contributed by atoms with Crippen molar-refractivity contribution in [2.45, 2.75) is 33.9 Å². The lowest BCUT2D eigenvalue weighted by atomic mass is 10.1. The van der Waals surface area contributed by atoms with Gasteiger partial charge in [0.2, 0.25) is 0 Å². The first kappa shape index (κ1) is 20.3. The van der Waals surface area contributed by atoms with Gasteiger partial charge in [-0.2, -0.15) is 10.2 Å². The second kappa shape index (κ2) is 9.68. The number of rotatable bonds is 8. The lowest BCUT2D eigenvalue weighted by molar-refractivity contribution is -0.121. The van der Waals surface area contributed by atoms with E-state index in [1.807, 2.05) is 38.1 Å². The number of hydrogen-bond acceptors (Lipinski definition) is 4. The molecule has 2 aromatic carbocycles. The Labute approximate surface area is 171 Å². The molecule has 1 N–H and O–H groups in total. The van der Waals surface area contributed by atoms with E-state index in [0.29, 0.717) is 0 Å². The number of carbonyl (C=O) groups is 1. The van der Waals surface area contributed by atoms with Crippen molar-refractivity contribution in [3.05, 3.63) is 83.2 Å². The Morgan fingerprint density at radius 3 is 2.48 bits per heavy atom. The van der Waals surface area contributed by atoms with E-state index in [1.54, 1.807) is 10.9 Å². The Hall–Kier alpha value is -3.41. The SMILES string of the molecule is CCN(Cc1ccccc1)c1ccc(/C=N\NC(=O)Cn2nc(C)cc2C)cc1. The van der Waals surface area contributed by atoms with E-state index in [-0.39, 0.29) is 12.5 Å². The van der Waals surface area contributed by atoms with Crippen molar-refractivity contribution in [3.8, 4) is 0 Å². The van der Waals surface area contributed by atoms with Gasteiger partial charge in [0, 0.05) is 24.5 Å². The maximum Gasteiger partial charge on any atom is 0.261 e. The van der Waals surface area contributed by atoms with Crippen LogP contribution in [0.15, 0.2) is 65.8 Å². The molecule has 29 heavy (non-hydrogen) atoms. The smallest absolute Gasteiger partial charge is 0.261 e. The summed E-state index contributed by atoms with van der Waals surface area (Å²) < 4.78 is 1.67. The van der Waals surface area contributed by atoms with Gasteiger partial charge in [-0.15, -0.1) is 0 Å². The topological polar surface area (TPSA) is 62.5 Å². The highest BCUT2D eigenvalue weighted by Crippen LogP contribution is 2.17. The van der Waals surface area contributed by atoms with Crippen LogP contribution in [0.3, 0.4) is 0 Å². The average Bonchev–Trinajstić information content (AvgIpc) is 3.04. The first-order valence-corrected chi connectivity index (χ1v) is 9.77. The van der Waals surface area contributed by atoms with Gasteiger partial charge in [0.15, 0.2) is 0 Å². The maximum atomic E-state index is 12.0. The lowest BCUT2D eigenvalue weighted by Crippen LogP contribution is -2.24. The number of amides is 1. The molecular formula is C23H27N5O. The normalized spacial score (nSPS) is 11.0. The molecule has 0 atom stereocenters. The molecule has 0 bridgehead atoms. The largest absolute Gasteiger partial charge is 0.367 e. The Bertz CT molecular complexity index is 961. The molecule has 1 amide bonds. The summed E-state index contributed by atoms with van der Waals surface area (Å²) in [4.78, 5) is 14.3. The van der Waals surface area contributed by atoms with Crippen molar-refractivity contribution in [1.29, 1.82) is 0 Å². The van der Waals surface area contributed by atoms with Gasteiger partial charge < -0.3 is 4.90 Å². The van der Waals surface area contributed by atoms with Crippen LogP contribution in [0.25, 0.3) is 0 Å². The summed E-state index contributed by atoms with van der Waals surface area (Å²) in [6.07, 6.45) is 1.65. The Morgan fingerprint density at radius 2 is 1.86 bits per heavy atom. The fourth-order valence-electron chi connectivity index (χ4n) is 3.15. The fraction of sp³-hybridized carbons (Fsp3) is 0.261. The predicted octanol–water partition coefficient (Wildman–Crippen LogP) is 3.68. The highest BCUT2D eigenvalue weighted by Gasteiger charge is 2.07. The van der Waals surface area contributed by atoms with Crippen molar-refractivity contribution >= 4 is 17.8 Å². The molecule has 0 saturated heterocycles. The molecule has 0 fully saturated rings. The minimum Gasteiger partial charge on any atom is -0.367 e. The molecule has 0 aliphatic heterocycles. The molecule has 6 heteroatoms. The van der Waals surface area contributed by atoms with Gasteiger partial charge in [-0.25, -0.2) is 5.43 Å². The second-order valence-electron chi connectivity index (χ2n) is 6.97. The van der Waals surface area contributed by atoms with E-state index in [4.69, 9.17) is 0 Å². The summed E-state index contributed by atoms with van der Waals surface area (Å²) in [6.45, 7) is 7.92. The fourth-order valence-corrected chi connectivity index (χ4v) is 3.15. The third kappa shape index (κ3) is 5.78. The van der Waals surface area contributed by atoms with E-state index < -0.39 is 0 Å². The molecule has 0 radical (unpaired) electrons. The van der Waals surface area contributed by atoms with Gasteiger partial charge >= 0.3 is 0 Å². The zero-order valence-electron chi connectivity index (χ0n) is 17.2. The molecule has 0 spiro atoms. The highest BCUT2D eigenvalue weighted by molar-refractivity contribution is 5.82. The zero-order valence-corrected chi connectivity index (χ0v) is 17.2. The minimum atomic E-state index is -0.205. The van der Waals surface area contributed by atoms with Crippen molar-refractivity contribution in [2.24, 2.45) is 5.10 Å². The van der Waals surface area contributed by atoms with Gasteiger partial charge in [0.25, 0.3) is 5.91 Å². The summed E-state index contributed by atoms with van der Waals surface area (Å²) in [5.41, 5.74) is 7.77. The van der Waals surface area contributed by atoms with Crippen LogP contribution in [-0.4, -0.2) is 28.4 Å². The van der Waals surface area contributed by atoms with E-state index >= 15 is 0 Å². The summed E-state index contributed by atoms with van der Waals surface area (Å²) in [7, 11) is 0. The van der Waals surface area contributed by atoms with Crippen molar-refractivity contribution in [3.63, 3.8) is 0 Å². The van der Waals surface area contributed by atoms with Gasteiger partial charge in [0.1, 0.15) is 6.54 Å². The van der Waals surface area contributed by atoms with E-state index in [1.165, 1.54) is 5.56 Å². The molecule has 1 aromatic heterocycles. The molecule has 6 nitrogen and oxygen atoms in total. The van der Waals surface area contributed by atoms with Crippen LogP contribution in [-0.2, 0) is 17.9 Å². The number of anilines is 1. The van der Waals surface area contributed by atoms with Crippen LogP contribution < -0.4 is 10.3 Å². The van der Waals surface area contributed by atoms with Crippen molar-refractivity contribution in [1.82, 2.24) is 15.2 Å². The Morgan fingerprint density at radius 1 is 1.14 bits per heavy atom. The standard InChI is InChI=1S/C23H27N5O/c1-4-27(16-21-8-6-5-7-9-21)22-12-10-20(11-13-22)15-24-25-23(29)17-28-19(3)14-18(2)26-28/h5-15H,4,16-17H2,1-3H3,(H,25,29)/b24-15-.